The van der Waals surface area contributed by atoms with Crippen molar-refractivity contribution in [3.05, 3.63) is 93.1 Å². The summed E-state index contributed by atoms with van der Waals surface area (Å²) in [6.07, 6.45) is 37.0. The van der Waals surface area contributed by atoms with E-state index in [0.29, 0.717) is 47.3 Å². The Morgan fingerprint density at radius 2 is 0.662 bits per heavy atom. The van der Waals surface area contributed by atoms with E-state index in [1.165, 1.54) is 195 Å². The molecule has 10 aromatic rings. The van der Waals surface area contributed by atoms with Crippen LogP contribution in [0.4, 0.5) is 0 Å². The molecular formula is C71H68N6. The zero-order chi connectivity index (χ0) is 49.1. The molecule has 8 atom stereocenters. The van der Waals surface area contributed by atoms with Crippen LogP contribution in [0.25, 0.3) is 87.3 Å². The molecule has 0 aliphatic heterocycles. The number of hydrogen-bond donors (Lipinski definition) is 0. The third-order valence-electron chi connectivity index (χ3n) is 26.9. The Bertz CT molecular complexity index is 4430. The predicted molar refractivity (Wildman–Crippen MR) is 307 cm³/mol. The maximum Gasteiger partial charge on any atom is 0.0728 e. The lowest BCUT2D eigenvalue weighted by Gasteiger charge is -2.38. The van der Waals surface area contributed by atoms with Gasteiger partial charge in [-0.1, -0.05) is 13.8 Å². The van der Waals surface area contributed by atoms with Crippen LogP contribution in [0.15, 0.2) is 36.9 Å². The highest BCUT2D eigenvalue weighted by Crippen LogP contribution is 2.67. The minimum Gasteiger partial charge on any atom is -0.305 e. The van der Waals surface area contributed by atoms with Crippen LogP contribution in [-0.2, 0) is 5.41 Å². The molecule has 0 spiro atoms. The SMILES string of the molecule is CC1(C)c2cc3c4c5c(ncc4n4c6cnc7c(c6c(c2-c2cc6c8c9c(ncc8n8c%10cnc%11c(c%10c(c21)c68)C1CC2CC(CC%11C2)C1)C1CC2CC(C1)CC9C2)c34)C1CC2CC(CC7C2)C1)C1CC2CC(C1)CC5C2. The van der Waals surface area contributed by atoms with Crippen LogP contribution in [0.3, 0.4) is 0 Å². The van der Waals surface area contributed by atoms with Crippen LogP contribution in [0.5, 0.6) is 0 Å². The van der Waals surface area contributed by atoms with Crippen LogP contribution in [0.1, 0.15) is 246 Å². The van der Waals surface area contributed by atoms with E-state index in [9.17, 15) is 0 Å². The smallest absolute Gasteiger partial charge is 0.0728 e. The van der Waals surface area contributed by atoms with Gasteiger partial charge in [-0.2, -0.15) is 0 Å². The van der Waals surface area contributed by atoms with E-state index >= 15 is 0 Å². The fourth-order valence-electron chi connectivity index (χ4n) is 25.3. The van der Waals surface area contributed by atoms with Gasteiger partial charge in [0.2, 0.25) is 0 Å². The molecule has 0 radical (unpaired) electrons. The highest BCUT2D eigenvalue weighted by Gasteiger charge is 2.52. The number of rotatable bonds is 0. The lowest BCUT2D eigenvalue weighted by Crippen LogP contribution is -2.25. The van der Waals surface area contributed by atoms with Crippen LogP contribution >= 0.6 is 0 Å². The molecule has 16 bridgehead atoms. The summed E-state index contributed by atoms with van der Waals surface area (Å²) in [5, 5.41) is 12.5. The molecule has 6 nitrogen and oxygen atoms in total. The van der Waals surface area contributed by atoms with Gasteiger partial charge in [-0.3, -0.25) is 19.9 Å². The molecular weight excluding hydrogens is 937 g/mol. The molecule has 17 aliphatic carbocycles. The molecule has 0 saturated heterocycles. The Morgan fingerprint density at radius 1 is 0.351 bits per heavy atom. The maximum absolute atomic E-state index is 5.78. The molecule has 8 heterocycles. The summed E-state index contributed by atoms with van der Waals surface area (Å²) in [4.78, 5) is 23.0. The van der Waals surface area contributed by atoms with Gasteiger partial charge in [0.05, 0.1) is 57.9 Å². The predicted octanol–water partition coefficient (Wildman–Crippen LogP) is 17.4. The number of fused-ring (bicyclic) bond motifs is 17. The number of nitrogens with zero attached hydrogens (tertiary/aromatic N) is 6. The lowest BCUT2D eigenvalue weighted by atomic mass is 9.67. The van der Waals surface area contributed by atoms with Gasteiger partial charge in [0.15, 0.2) is 0 Å². The minimum absolute atomic E-state index is 0.243. The van der Waals surface area contributed by atoms with E-state index in [1.807, 2.05) is 0 Å². The molecule has 0 N–H and O–H groups in total. The topological polar surface area (TPSA) is 60.4 Å². The zero-order valence-corrected chi connectivity index (χ0v) is 45.0. The molecule has 77 heavy (non-hydrogen) atoms. The fourth-order valence-corrected chi connectivity index (χ4v) is 25.3. The van der Waals surface area contributed by atoms with Gasteiger partial charge in [0, 0.05) is 95.0 Å². The van der Waals surface area contributed by atoms with Crippen molar-refractivity contribution >= 4 is 76.2 Å². The summed E-state index contributed by atoms with van der Waals surface area (Å²) in [5.41, 5.74) is 27.2. The highest BCUT2D eigenvalue weighted by molar-refractivity contribution is 6.33. The first-order valence-electron chi connectivity index (χ1n) is 32.0. The first-order valence-corrected chi connectivity index (χ1v) is 32.0. The second-order valence-electron chi connectivity index (χ2n) is 30.9. The Balaban J connectivity index is 0.922. The van der Waals surface area contributed by atoms with Crippen molar-refractivity contribution in [2.75, 3.05) is 0 Å². The van der Waals surface area contributed by atoms with Gasteiger partial charge in [0.25, 0.3) is 0 Å². The van der Waals surface area contributed by atoms with E-state index < -0.39 is 0 Å². The third-order valence-corrected chi connectivity index (χ3v) is 26.9. The summed E-state index contributed by atoms with van der Waals surface area (Å²) >= 11 is 0. The lowest BCUT2D eigenvalue weighted by molar-refractivity contribution is 0.165. The van der Waals surface area contributed by atoms with E-state index in [-0.39, 0.29) is 5.41 Å². The first kappa shape index (κ1) is 40.8. The van der Waals surface area contributed by atoms with E-state index in [0.717, 1.165) is 47.3 Å². The van der Waals surface area contributed by atoms with Crippen LogP contribution in [0, 0.1) is 47.3 Å². The van der Waals surface area contributed by atoms with Gasteiger partial charge in [-0.25, -0.2) is 0 Å². The second-order valence-corrected chi connectivity index (χ2v) is 30.9. The van der Waals surface area contributed by atoms with Crippen LogP contribution in [-0.4, -0.2) is 28.7 Å². The standard InChI is InChI=1S/C71H68N6/c1-71(2)48-24-47-59-50(26-73-66-42-17-31-4-32(18-42)10-38(9-31)54(59)66)76-51-27-74-67-43-19-33-5-34(20-43)12-39(11-33)55(67)60(51)62(69(47)76)57(48)45-23-46-58-49(25-72-65-41-15-29-3-30(16-41)8-37(7-29)53(58)65)77-52-28-75-68-44-21-35-6-36(22-44)14-40(13-35)56(68)61(52)63(64(45)71)70(46)77/h23-44H,3-22H2,1-2H3. The minimum atomic E-state index is -0.243. The first-order chi connectivity index (χ1) is 37.8. The van der Waals surface area contributed by atoms with Gasteiger partial charge in [-0.15, -0.1) is 0 Å². The molecule has 8 unspecified atom stereocenters. The number of pyridine rings is 4. The Kier molecular flexibility index (Phi) is 6.86. The van der Waals surface area contributed by atoms with Gasteiger partial charge < -0.3 is 8.80 Å². The second kappa shape index (κ2) is 13.0. The summed E-state index contributed by atoms with van der Waals surface area (Å²) in [5.74, 6) is 11.6. The van der Waals surface area contributed by atoms with Crippen molar-refractivity contribution in [1.29, 1.82) is 0 Å². The fraction of sp³-hybridized carbons (Fsp3) is 0.549. The molecule has 8 saturated carbocycles. The van der Waals surface area contributed by atoms with Crippen molar-refractivity contribution in [3.8, 4) is 11.1 Å². The summed E-state index contributed by atoms with van der Waals surface area (Å²) in [6.45, 7) is 5.37. The largest absolute Gasteiger partial charge is 0.305 e. The van der Waals surface area contributed by atoms with E-state index in [4.69, 9.17) is 19.9 Å². The Labute approximate surface area is 449 Å². The summed E-state index contributed by atoms with van der Waals surface area (Å²) in [6, 6.07) is 5.69. The van der Waals surface area contributed by atoms with E-state index in [1.54, 1.807) is 76.8 Å². The average Bonchev–Trinajstić information content (AvgIpc) is 3.55. The number of aromatic nitrogens is 6. The van der Waals surface area contributed by atoms with Gasteiger partial charge in [0.1, 0.15) is 0 Å². The highest BCUT2D eigenvalue weighted by atomic mass is 15.0. The normalized spacial score (nSPS) is 37.6. The van der Waals surface area contributed by atoms with Crippen LogP contribution < -0.4 is 0 Å². The van der Waals surface area contributed by atoms with Crippen molar-refractivity contribution < 1.29 is 0 Å². The van der Waals surface area contributed by atoms with Crippen LogP contribution in [0.2, 0.25) is 0 Å². The monoisotopic (exact) mass is 1000 g/mol. The summed E-state index contributed by atoms with van der Waals surface area (Å²) < 4.78 is 5.58. The average molecular weight is 1010 g/mol. The molecule has 0 amide bonds. The van der Waals surface area contributed by atoms with Gasteiger partial charge >= 0.3 is 0 Å². The Hall–Kier alpha value is -5.36. The van der Waals surface area contributed by atoms with Gasteiger partial charge in [-0.05, 0) is 256 Å². The molecule has 8 fully saturated rings. The molecule has 6 heteroatoms. The van der Waals surface area contributed by atoms with Crippen molar-refractivity contribution in [2.45, 2.75) is 195 Å². The molecule has 17 aliphatic rings. The van der Waals surface area contributed by atoms with Crippen molar-refractivity contribution in [3.63, 3.8) is 0 Å². The third kappa shape index (κ3) is 4.54. The Morgan fingerprint density at radius 3 is 1.05 bits per heavy atom. The molecule has 8 aromatic heterocycles. The molecule has 27 rings (SSSR count). The quantitative estimate of drug-likeness (QED) is 0.152. The summed E-state index contributed by atoms with van der Waals surface area (Å²) in [7, 11) is 0. The maximum atomic E-state index is 5.78. The molecule has 2 aromatic carbocycles. The van der Waals surface area contributed by atoms with E-state index in [2.05, 4.69) is 59.6 Å². The van der Waals surface area contributed by atoms with Crippen molar-refractivity contribution in [1.82, 2.24) is 28.7 Å². The van der Waals surface area contributed by atoms with Crippen molar-refractivity contribution in [2.24, 2.45) is 47.3 Å². The zero-order valence-electron chi connectivity index (χ0n) is 45.0. The number of benzene rings is 2. The number of hydrogen-bond acceptors (Lipinski definition) is 4. The molecule has 382 valence electrons.